The predicted octanol–water partition coefficient (Wildman–Crippen LogP) is 3.53. The molecule has 1 aromatic carbocycles. The summed E-state index contributed by atoms with van der Waals surface area (Å²) in [6.07, 6.45) is 6.16. The van der Waals surface area contributed by atoms with Crippen molar-refractivity contribution in [1.82, 2.24) is 20.3 Å². The van der Waals surface area contributed by atoms with E-state index in [4.69, 9.17) is 9.97 Å². The minimum Gasteiger partial charge on any atom is -0.363 e. The van der Waals surface area contributed by atoms with E-state index >= 15 is 0 Å². The Bertz CT molecular complexity index is 951. The Hall–Kier alpha value is -3.28. The summed E-state index contributed by atoms with van der Waals surface area (Å²) in [6.45, 7) is 0. The molecule has 29 heavy (non-hydrogen) atoms. The van der Waals surface area contributed by atoms with Crippen LogP contribution < -0.4 is 10.2 Å². The molecule has 148 valence electrons. The molecule has 1 aliphatic carbocycles. The summed E-state index contributed by atoms with van der Waals surface area (Å²) in [5.74, 6) is 2.17. The molecule has 1 atom stereocenters. The fraction of sp³-hybridized carbons (Fsp3) is 0.304. The summed E-state index contributed by atoms with van der Waals surface area (Å²) >= 11 is 0. The highest BCUT2D eigenvalue weighted by Crippen LogP contribution is 2.38. The first kappa shape index (κ1) is 19.1. The molecule has 1 N–H and O–H groups in total. The zero-order valence-corrected chi connectivity index (χ0v) is 16.7. The van der Waals surface area contributed by atoms with E-state index in [1.165, 1.54) is 0 Å². The summed E-state index contributed by atoms with van der Waals surface area (Å²) in [7, 11) is 3.98. The van der Waals surface area contributed by atoms with Crippen LogP contribution in [0.25, 0.3) is 0 Å². The molecule has 0 unspecified atom stereocenters. The van der Waals surface area contributed by atoms with Gasteiger partial charge in [-0.3, -0.25) is 9.78 Å². The molecule has 2 aromatic heterocycles. The first-order valence-electron chi connectivity index (χ1n) is 9.91. The van der Waals surface area contributed by atoms with Crippen molar-refractivity contribution in [2.75, 3.05) is 19.0 Å². The average molecular weight is 387 g/mol. The normalized spacial score (nSPS) is 14.3. The molecule has 6 nitrogen and oxygen atoms in total. The number of benzene rings is 1. The average Bonchev–Trinajstić information content (AvgIpc) is 3.60. The van der Waals surface area contributed by atoms with Crippen molar-refractivity contribution in [1.29, 1.82) is 0 Å². The largest absolute Gasteiger partial charge is 0.363 e. The lowest BCUT2D eigenvalue weighted by molar-refractivity contribution is 0.0936. The number of rotatable bonds is 7. The molecule has 2 heterocycles. The maximum absolute atomic E-state index is 12.8. The molecule has 1 amide bonds. The number of hydrogen-bond donors (Lipinski definition) is 1. The molecule has 3 aromatic rings. The van der Waals surface area contributed by atoms with E-state index < -0.39 is 0 Å². The van der Waals surface area contributed by atoms with Crippen molar-refractivity contribution >= 4 is 11.7 Å². The summed E-state index contributed by atoms with van der Waals surface area (Å²) < 4.78 is 0. The Labute approximate surface area is 171 Å². The Morgan fingerprint density at radius 3 is 2.48 bits per heavy atom. The van der Waals surface area contributed by atoms with Crippen LogP contribution in [0.4, 0.5) is 5.82 Å². The lowest BCUT2D eigenvalue weighted by Gasteiger charge is -2.21. The van der Waals surface area contributed by atoms with Gasteiger partial charge in [0.25, 0.3) is 5.91 Å². The third kappa shape index (κ3) is 4.77. The first-order chi connectivity index (χ1) is 14.1. The second kappa shape index (κ2) is 8.39. The minimum atomic E-state index is -0.186. The van der Waals surface area contributed by atoms with E-state index in [1.807, 2.05) is 55.4 Å². The van der Waals surface area contributed by atoms with Crippen molar-refractivity contribution < 1.29 is 4.79 Å². The van der Waals surface area contributed by atoms with Crippen molar-refractivity contribution in [3.05, 3.63) is 83.6 Å². The predicted molar refractivity (Wildman–Crippen MR) is 113 cm³/mol. The van der Waals surface area contributed by atoms with Gasteiger partial charge >= 0.3 is 0 Å². The quantitative estimate of drug-likeness (QED) is 0.672. The third-order valence-corrected chi connectivity index (χ3v) is 5.05. The standard InChI is InChI=1S/C23H25N5O/c1-28(2)21-15-19(25-22(27-21)17-8-9-17)14-20(16-6-4-3-5-7-16)26-23(29)18-10-12-24-13-11-18/h3-7,10-13,15,17,20H,8-9,14H2,1-2H3,(H,26,29)/t20-/m1/s1. The number of carbonyl (C=O) groups is 1. The number of nitrogens with zero attached hydrogens (tertiary/aromatic N) is 4. The second-order valence-corrected chi connectivity index (χ2v) is 7.62. The van der Waals surface area contributed by atoms with Gasteiger partial charge in [0.2, 0.25) is 0 Å². The van der Waals surface area contributed by atoms with Crippen LogP contribution >= 0.6 is 0 Å². The zero-order valence-electron chi connectivity index (χ0n) is 16.7. The lowest BCUT2D eigenvalue weighted by atomic mass is 10.0. The third-order valence-electron chi connectivity index (χ3n) is 5.05. The van der Waals surface area contributed by atoms with Crippen LogP contribution in [0.15, 0.2) is 60.9 Å². The fourth-order valence-electron chi connectivity index (χ4n) is 3.25. The number of amides is 1. The van der Waals surface area contributed by atoms with Gasteiger partial charge in [-0.2, -0.15) is 0 Å². The van der Waals surface area contributed by atoms with Crippen LogP contribution in [0.2, 0.25) is 0 Å². The second-order valence-electron chi connectivity index (χ2n) is 7.62. The molecule has 1 aliphatic rings. The highest BCUT2D eigenvalue weighted by molar-refractivity contribution is 5.94. The van der Waals surface area contributed by atoms with Crippen molar-refractivity contribution in [3.63, 3.8) is 0 Å². The molecule has 0 saturated heterocycles. The Morgan fingerprint density at radius 2 is 1.83 bits per heavy atom. The van der Waals surface area contributed by atoms with E-state index in [0.29, 0.717) is 17.9 Å². The van der Waals surface area contributed by atoms with Crippen LogP contribution in [0, 0.1) is 0 Å². The molecular weight excluding hydrogens is 362 g/mol. The molecule has 4 rings (SSSR count). The number of anilines is 1. The summed E-state index contributed by atoms with van der Waals surface area (Å²) in [4.78, 5) is 28.3. The van der Waals surface area contributed by atoms with E-state index in [1.54, 1.807) is 24.5 Å². The van der Waals surface area contributed by atoms with E-state index in [2.05, 4.69) is 10.3 Å². The fourth-order valence-corrected chi connectivity index (χ4v) is 3.25. The van der Waals surface area contributed by atoms with Crippen LogP contribution in [-0.2, 0) is 6.42 Å². The van der Waals surface area contributed by atoms with Gasteiger partial charge in [0.05, 0.1) is 6.04 Å². The Morgan fingerprint density at radius 1 is 1.10 bits per heavy atom. The van der Waals surface area contributed by atoms with Gasteiger partial charge < -0.3 is 10.2 Å². The van der Waals surface area contributed by atoms with Gasteiger partial charge in [-0.25, -0.2) is 9.97 Å². The number of hydrogen-bond acceptors (Lipinski definition) is 5. The van der Waals surface area contributed by atoms with Crippen LogP contribution in [0.3, 0.4) is 0 Å². The van der Waals surface area contributed by atoms with Gasteiger partial charge in [0.15, 0.2) is 0 Å². The van der Waals surface area contributed by atoms with Gasteiger partial charge in [-0.15, -0.1) is 0 Å². The molecule has 0 bridgehead atoms. The maximum Gasteiger partial charge on any atom is 0.251 e. The monoisotopic (exact) mass is 387 g/mol. The van der Waals surface area contributed by atoms with Gasteiger partial charge in [-0.05, 0) is 30.5 Å². The smallest absolute Gasteiger partial charge is 0.251 e. The number of pyridine rings is 1. The molecule has 6 heteroatoms. The molecule has 0 aliphatic heterocycles. The summed E-state index contributed by atoms with van der Waals surface area (Å²) in [6, 6.07) is 15.3. The molecule has 1 saturated carbocycles. The topological polar surface area (TPSA) is 71.0 Å². The van der Waals surface area contributed by atoms with Crippen molar-refractivity contribution in [2.24, 2.45) is 0 Å². The number of carbonyl (C=O) groups excluding carboxylic acids is 1. The van der Waals surface area contributed by atoms with E-state index in [-0.39, 0.29) is 11.9 Å². The Kier molecular flexibility index (Phi) is 5.51. The summed E-state index contributed by atoms with van der Waals surface area (Å²) in [5.41, 5.74) is 2.58. The summed E-state index contributed by atoms with van der Waals surface area (Å²) in [5, 5.41) is 3.17. The van der Waals surface area contributed by atoms with Crippen LogP contribution in [0.1, 0.15) is 52.2 Å². The Balaban J connectivity index is 1.63. The molecule has 0 spiro atoms. The van der Waals surface area contributed by atoms with E-state index in [9.17, 15) is 4.79 Å². The number of nitrogens with one attached hydrogen (secondary N) is 1. The first-order valence-corrected chi connectivity index (χ1v) is 9.91. The van der Waals surface area contributed by atoms with Crippen molar-refractivity contribution in [3.8, 4) is 0 Å². The molecule has 0 radical (unpaired) electrons. The molecular formula is C23H25N5O. The van der Waals surface area contributed by atoms with Gasteiger partial charge in [-0.1, -0.05) is 30.3 Å². The molecule has 1 fully saturated rings. The minimum absolute atomic E-state index is 0.120. The van der Waals surface area contributed by atoms with Gasteiger partial charge in [0.1, 0.15) is 11.6 Å². The SMILES string of the molecule is CN(C)c1cc(C[C@@H](NC(=O)c2ccncc2)c2ccccc2)nc(C2CC2)n1. The highest BCUT2D eigenvalue weighted by Gasteiger charge is 2.28. The van der Waals surface area contributed by atoms with Crippen LogP contribution in [-0.4, -0.2) is 35.0 Å². The zero-order chi connectivity index (χ0) is 20.2. The van der Waals surface area contributed by atoms with Crippen LogP contribution in [0.5, 0.6) is 0 Å². The van der Waals surface area contributed by atoms with E-state index in [0.717, 1.165) is 35.7 Å². The highest BCUT2D eigenvalue weighted by atomic mass is 16.1. The maximum atomic E-state index is 12.8. The van der Waals surface area contributed by atoms with Crippen molar-refractivity contribution in [2.45, 2.75) is 31.2 Å². The number of aromatic nitrogens is 3. The van der Waals surface area contributed by atoms with Gasteiger partial charge in [0, 0.05) is 56.2 Å². The lowest BCUT2D eigenvalue weighted by Crippen LogP contribution is -2.30.